The molecule has 0 aromatic carbocycles. The van der Waals surface area contributed by atoms with E-state index in [1.807, 2.05) is 0 Å². The van der Waals surface area contributed by atoms with Crippen LogP contribution in [0.15, 0.2) is 0 Å². The van der Waals surface area contributed by atoms with Crippen molar-refractivity contribution in [1.82, 2.24) is 0 Å². The zero-order valence-corrected chi connectivity index (χ0v) is 39.4. The zero-order chi connectivity index (χ0) is 40.5. The van der Waals surface area contributed by atoms with Crippen LogP contribution in [-0.2, 0) is 9.59 Å². The molecule has 11 nitrogen and oxygen atoms in total. The summed E-state index contributed by atoms with van der Waals surface area (Å²) < 4.78 is 0. The molecule has 60 heavy (non-hydrogen) atoms. The predicted octanol–water partition coefficient (Wildman–Crippen LogP) is 3.43. The Morgan fingerprint density at radius 3 is 1.17 bits per heavy atom. The number of carbonyl (C=O) groups is 2. The van der Waals surface area contributed by atoms with E-state index in [1.165, 1.54) is 51.4 Å². The van der Waals surface area contributed by atoms with Crippen LogP contribution >= 0.6 is 0 Å². The van der Waals surface area contributed by atoms with Gasteiger partial charge in [0.25, 0.3) is 0 Å². The van der Waals surface area contributed by atoms with E-state index in [9.17, 15) is 40.2 Å². The maximum Gasteiger partial charge on any atom is 2.00 e. The van der Waals surface area contributed by atoms with Crippen molar-refractivity contribution in [2.24, 2.45) is 92.7 Å². The van der Waals surface area contributed by atoms with E-state index in [0.717, 1.165) is 51.4 Å². The Labute approximate surface area is 377 Å². The summed E-state index contributed by atoms with van der Waals surface area (Å²) in [4.78, 5) is 21.9. The van der Waals surface area contributed by atoms with Gasteiger partial charge in [-0.1, -0.05) is 41.5 Å². The second-order valence-electron chi connectivity index (χ2n) is 22.7. The molecule has 0 aliphatic heterocycles. The Kier molecular flexibility index (Phi) is 18.2. The first-order valence-electron chi connectivity index (χ1n) is 23.4. The molecule has 10 unspecified atom stereocenters. The molecule has 10 N–H and O–H groups in total. The average molecular weight is 861 g/mol. The Balaban J connectivity index is 0.000000300. The summed E-state index contributed by atoms with van der Waals surface area (Å²) >= 11 is 0. The fraction of sp³-hybridized carbons (Fsp3) is 0.958. The third-order valence-corrected chi connectivity index (χ3v) is 20.4. The van der Waals surface area contributed by atoms with Gasteiger partial charge in [-0.15, -0.1) is 0 Å². The summed E-state index contributed by atoms with van der Waals surface area (Å²) in [7, 11) is 0. The van der Waals surface area contributed by atoms with Crippen molar-refractivity contribution in [3.63, 3.8) is 0 Å². The maximum atomic E-state index is 11.2. The molecule has 8 rings (SSSR count). The molecular formula is C48H84MgO11. The van der Waals surface area contributed by atoms with Crippen molar-refractivity contribution in [2.75, 3.05) is 0 Å². The van der Waals surface area contributed by atoms with Gasteiger partial charge in [0, 0.05) is 11.9 Å². The van der Waals surface area contributed by atoms with Crippen LogP contribution in [0.2, 0.25) is 0 Å². The summed E-state index contributed by atoms with van der Waals surface area (Å²) in [6.45, 7) is 14.2. The van der Waals surface area contributed by atoms with Gasteiger partial charge in [-0.3, -0.25) is 0 Å². The molecule has 0 aromatic rings. The number of aliphatic carboxylic acids is 2. The van der Waals surface area contributed by atoms with Crippen molar-refractivity contribution in [3.8, 4) is 0 Å². The van der Waals surface area contributed by atoms with Crippen LogP contribution in [0.5, 0.6) is 0 Å². The summed E-state index contributed by atoms with van der Waals surface area (Å²) in [5, 5.41) is 64.7. The number of carboxylic acid groups (broad SMARTS) is 2. The van der Waals surface area contributed by atoms with Gasteiger partial charge in [-0.2, -0.15) is 0 Å². The molecule has 0 heterocycles. The van der Waals surface area contributed by atoms with E-state index >= 15 is 0 Å². The van der Waals surface area contributed by atoms with E-state index < -0.39 is 11.9 Å². The summed E-state index contributed by atoms with van der Waals surface area (Å²) in [5.74, 6) is 3.99. The molecule has 8 aliphatic rings. The average Bonchev–Trinajstić information content (AvgIpc) is 3.68. The quantitative estimate of drug-likeness (QED) is 0.262. The number of rotatable bonds is 8. The first-order chi connectivity index (χ1) is 26.3. The SMILES string of the molecule is C[C@@H](CCC(=O)[O-])C1CCC2C3C(CC[C@@]21C)[C@@]1(C)CC[C@@H](O)CC1C[C@H]3O.C[C@@H](CCC(=O)[O-])C1CCC2C3C(CC[C@@]21C)[C@@]1(C)CC[C@@H](O)CC1C[C@H]3O.O.O.O.[Mg+2]. The van der Waals surface area contributed by atoms with E-state index in [0.29, 0.717) is 83.9 Å². The molecule has 0 bridgehead atoms. The van der Waals surface area contributed by atoms with Crippen molar-refractivity contribution in [3.05, 3.63) is 0 Å². The molecule has 8 fully saturated rings. The van der Waals surface area contributed by atoms with E-state index in [4.69, 9.17) is 0 Å². The largest absolute Gasteiger partial charge is 2.00 e. The molecule has 12 heteroatoms. The van der Waals surface area contributed by atoms with Crippen molar-refractivity contribution < 1.29 is 56.7 Å². The van der Waals surface area contributed by atoms with Gasteiger partial charge in [0.15, 0.2) is 0 Å². The second-order valence-corrected chi connectivity index (χ2v) is 22.7. The topological polar surface area (TPSA) is 256 Å². The first-order valence-corrected chi connectivity index (χ1v) is 23.4. The van der Waals surface area contributed by atoms with Gasteiger partial charge >= 0.3 is 23.1 Å². The van der Waals surface area contributed by atoms with Gasteiger partial charge in [0.05, 0.1) is 24.4 Å². The van der Waals surface area contributed by atoms with Crippen molar-refractivity contribution in [1.29, 1.82) is 0 Å². The standard InChI is InChI=1S/2C24H40O4.Mg.3H2O/c2*1-14(4-7-21(27)28)17-5-6-18-22-19(9-11-24(17,18)3)23(2)10-8-16(25)12-15(23)13-20(22)26;;;;/h2*14-20,22,25-26H,4-13H2,1-3H3,(H,27,28);;3*1H2/q;;+2;;;/p-2/t2*14-,15?,16+,17?,18?,19?,20+,22?,23-,24+;;;;/m00..../s1. The molecule has 0 spiro atoms. The number of carboxylic acids is 2. The van der Waals surface area contributed by atoms with Crippen LogP contribution in [-0.4, -0.2) is 96.3 Å². The zero-order valence-electron chi connectivity index (χ0n) is 38.0. The van der Waals surface area contributed by atoms with Crippen LogP contribution in [0.25, 0.3) is 0 Å². The first kappa shape index (κ1) is 53.8. The minimum atomic E-state index is -0.934. The van der Waals surface area contributed by atoms with Crippen LogP contribution in [0.4, 0.5) is 0 Å². The third kappa shape index (κ3) is 9.41. The molecular weight excluding hydrogens is 777 g/mol. The second kappa shape index (κ2) is 20.3. The van der Waals surface area contributed by atoms with Crippen molar-refractivity contribution in [2.45, 2.75) is 194 Å². The number of aliphatic hydroxyl groups excluding tert-OH is 4. The van der Waals surface area contributed by atoms with Crippen LogP contribution < -0.4 is 10.2 Å². The predicted molar refractivity (Wildman–Crippen MR) is 229 cm³/mol. The van der Waals surface area contributed by atoms with E-state index in [2.05, 4.69) is 41.5 Å². The molecule has 344 valence electrons. The van der Waals surface area contributed by atoms with Crippen molar-refractivity contribution >= 4 is 35.0 Å². The molecule has 0 radical (unpaired) electrons. The van der Waals surface area contributed by atoms with Crippen LogP contribution in [0, 0.1) is 92.7 Å². The van der Waals surface area contributed by atoms with E-state index in [-0.39, 0.29) is 98.4 Å². The minimum absolute atomic E-state index is 0. The minimum Gasteiger partial charge on any atom is -0.550 e. The Morgan fingerprint density at radius 2 is 0.833 bits per heavy atom. The molecule has 8 saturated carbocycles. The summed E-state index contributed by atoms with van der Waals surface area (Å²) in [6.07, 6.45) is 17.8. The van der Waals surface area contributed by atoms with E-state index in [1.54, 1.807) is 0 Å². The molecule has 20 atom stereocenters. The summed E-state index contributed by atoms with van der Waals surface area (Å²) in [5.41, 5.74) is 0.988. The molecule has 0 aromatic heterocycles. The number of fused-ring (bicyclic) bond motifs is 10. The molecule has 8 aliphatic carbocycles. The van der Waals surface area contributed by atoms with Gasteiger partial charge in [0.1, 0.15) is 0 Å². The summed E-state index contributed by atoms with van der Waals surface area (Å²) in [6, 6.07) is 0. The smallest absolute Gasteiger partial charge is 0.550 e. The number of hydrogen-bond donors (Lipinski definition) is 4. The number of aliphatic hydroxyl groups is 4. The number of carbonyl (C=O) groups excluding carboxylic acids is 2. The monoisotopic (exact) mass is 861 g/mol. The molecule has 0 amide bonds. The van der Waals surface area contributed by atoms with Crippen LogP contribution in [0.3, 0.4) is 0 Å². The van der Waals surface area contributed by atoms with Gasteiger partial charge in [-0.25, -0.2) is 0 Å². The number of hydrogen-bond acceptors (Lipinski definition) is 8. The maximum absolute atomic E-state index is 11.2. The Morgan fingerprint density at radius 1 is 0.517 bits per heavy atom. The van der Waals surface area contributed by atoms with Gasteiger partial charge in [0.2, 0.25) is 0 Å². The molecule has 0 saturated heterocycles. The van der Waals surface area contributed by atoms with Gasteiger partial charge in [-0.05, 0) is 221 Å². The Hall–Kier alpha value is -0.574. The van der Waals surface area contributed by atoms with Crippen LogP contribution in [0.1, 0.15) is 170 Å². The fourth-order valence-electron chi connectivity index (χ4n) is 17.4. The fourth-order valence-corrected chi connectivity index (χ4v) is 17.4. The van der Waals surface area contributed by atoms with Gasteiger partial charge < -0.3 is 56.7 Å². The Bertz CT molecular complexity index is 1330. The third-order valence-electron chi connectivity index (χ3n) is 20.4. The normalized spacial score (nSPS) is 48.2.